The number of carbonyl (C=O) groups is 1. The van der Waals surface area contributed by atoms with E-state index in [1.807, 2.05) is 6.92 Å². The lowest BCUT2D eigenvalue weighted by Gasteiger charge is -2.23. The molecule has 1 aliphatic heterocycles. The second-order valence-electron chi connectivity index (χ2n) is 4.94. The number of anilines is 1. The van der Waals surface area contributed by atoms with E-state index in [-0.39, 0.29) is 17.9 Å². The average molecular weight is 249 g/mol. The molecule has 1 fully saturated rings. The van der Waals surface area contributed by atoms with Crippen molar-refractivity contribution < 1.29 is 9.53 Å². The van der Waals surface area contributed by atoms with Gasteiger partial charge in [0.15, 0.2) is 0 Å². The lowest BCUT2D eigenvalue weighted by Crippen LogP contribution is -2.40. The number of aromatic nitrogens is 1. The van der Waals surface area contributed by atoms with Gasteiger partial charge in [0.25, 0.3) is 0 Å². The van der Waals surface area contributed by atoms with Crippen LogP contribution in [0.3, 0.4) is 0 Å². The van der Waals surface area contributed by atoms with E-state index in [1.165, 1.54) is 0 Å². The number of nitrogens with zero attached hydrogens (tertiary/aromatic N) is 1. The van der Waals surface area contributed by atoms with E-state index < -0.39 is 0 Å². The predicted molar refractivity (Wildman–Crippen MR) is 69.0 cm³/mol. The number of ether oxygens (including phenoxy) is 1. The van der Waals surface area contributed by atoms with Gasteiger partial charge in [0.1, 0.15) is 0 Å². The van der Waals surface area contributed by atoms with E-state index in [4.69, 9.17) is 10.5 Å². The highest BCUT2D eigenvalue weighted by molar-refractivity contribution is 5.78. The second kappa shape index (κ2) is 5.35. The number of pyridine rings is 1. The number of carbonyl (C=O) groups excluding carboxylic acids is 1. The van der Waals surface area contributed by atoms with Crippen LogP contribution in [0.1, 0.15) is 25.5 Å². The summed E-state index contributed by atoms with van der Waals surface area (Å²) in [6, 6.07) is 3.51. The molecule has 0 radical (unpaired) electrons. The third-order valence-corrected chi connectivity index (χ3v) is 3.15. The zero-order chi connectivity index (χ0) is 13.0. The SMILES string of the molecule is CC1(CNC(=O)Cc2ccc(N)cn2)CCCO1. The summed E-state index contributed by atoms with van der Waals surface area (Å²) >= 11 is 0. The Kier molecular flexibility index (Phi) is 3.81. The first kappa shape index (κ1) is 12.8. The number of rotatable bonds is 4. The molecule has 5 heteroatoms. The minimum absolute atomic E-state index is 0.0380. The van der Waals surface area contributed by atoms with Crippen LogP contribution in [0, 0.1) is 0 Å². The van der Waals surface area contributed by atoms with E-state index in [0.29, 0.717) is 12.2 Å². The van der Waals surface area contributed by atoms with Crippen molar-refractivity contribution in [3.63, 3.8) is 0 Å². The van der Waals surface area contributed by atoms with Crippen molar-refractivity contribution in [1.82, 2.24) is 10.3 Å². The van der Waals surface area contributed by atoms with E-state index in [2.05, 4.69) is 10.3 Å². The fraction of sp³-hybridized carbons (Fsp3) is 0.538. The van der Waals surface area contributed by atoms with Gasteiger partial charge >= 0.3 is 0 Å². The molecule has 3 N–H and O–H groups in total. The van der Waals surface area contributed by atoms with E-state index in [0.717, 1.165) is 25.1 Å². The Balaban J connectivity index is 1.80. The van der Waals surface area contributed by atoms with Crippen LogP contribution >= 0.6 is 0 Å². The number of hydrogen-bond acceptors (Lipinski definition) is 4. The summed E-state index contributed by atoms with van der Waals surface area (Å²) in [4.78, 5) is 15.9. The fourth-order valence-corrected chi connectivity index (χ4v) is 2.03. The van der Waals surface area contributed by atoms with Crippen molar-refractivity contribution in [2.24, 2.45) is 0 Å². The smallest absolute Gasteiger partial charge is 0.226 e. The first-order chi connectivity index (χ1) is 8.57. The Labute approximate surface area is 107 Å². The molecule has 1 unspecified atom stereocenters. The number of hydrogen-bond donors (Lipinski definition) is 2. The summed E-state index contributed by atoms with van der Waals surface area (Å²) in [5, 5.41) is 2.89. The Hall–Kier alpha value is -1.62. The minimum atomic E-state index is -0.204. The molecule has 1 amide bonds. The molecule has 2 heterocycles. The molecule has 1 aliphatic rings. The first-order valence-electron chi connectivity index (χ1n) is 6.18. The molecule has 0 saturated carbocycles. The highest BCUT2D eigenvalue weighted by Gasteiger charge is 2.29. The highest BCUT2D eigenvalue weighted by atomic mass is 16.5. The average Bonchev–Trinajstić information content (AvgIpc) is 2.78. The van der Waals surface area contributed by atoms with Gasteiger partial charge in [-0.3, -0.25) is 9.78 Å². The molecular formula is C13H19N3O2. The highest BCUT2D eigenvalue weighted by Crippen LogP contribution is 2.23. The Morgan fingerprint density at radius 1 is 1.61 bits per heavy atom. The lowest BCUT2D eigenvalue weighted by molar-refractivity contribution is -0.121. The van der Waals surface area contributed by atoms with Crippen LogP contribution in [0.5, 0.6) is 0 Å². The zero-order valence-electron chi connectivity index (χ0n) is 10.6. The molecule has 0 aromatic carbocycles. The van der Waals surface area contributed by atoms with E-state index >= 15 is 0 Å². The molecule has 18 heavy (non-hydrogen) atoms. The van der Waals surface area contributed by atoms with Gasteiger partial charge in [0.2, 0.25) is 5.91 Å². The van der Waals surface area contributed by atoms with Gasteiger partial charge < -0.3 is 15.8 Å². The van der Waals surface area contributed by atoms with Crippen molar-refractivity contribution in [3.05, 3.63) is 24.0 Å². The van der Waals surface area contributed by atoms with Crippen LogP contribution in [0.15, 0.2) is 18.3 Å². The van der Waals surface area contributed by atoms with Crippen LogP contribution in [-0.4, -0.2) is 29.6 Å². The van der Waals surface area contributed by atoms with Gasteiger partial charge in [0.05, 0.1) is 23.9 Å². The minimum Gasteiger partial charge on any atom is -0.397 e. The van der Waals surface area contributed by atoms with E-state index in [1.54, 1.807) is 18.3 Å². The van der Waals surface area contributed by atoms with Crippen LogP contribution in [0.25, 0.3) is 0 Å². The van der Waals surface area contributed by atoms with Crippen molar-refractivity contribution in [2.75, 3.05) is 18.9 Å². The summed E-state index contributed by atoms with van der Waals surface area (Å²) in [6.07, 6.45) is 3.89. The largest absolute Gasteiger partial charge is 0.397 e. The molecule has 1 aromatic rings. The third-order valence-electron chi connectivity index (χ3n) is 3.15. The molecule has 98 valence electrons. The van der Waals surface area contributed by atoms with Crippen molar-refractivity contribution in [3.8, 4) is 0 Å². The Morgan fingerprint density at radius 3 is 3.06 bits per heavy atom. The van der Waals surface area contributed by atoms with Gasteiger partial charge in [-0.25, -0.2) is 0 Å². The molecule has 0 spiro atoms. The van der Waals surface area contributed by atoms with E-state index in [9.17, 15) is 4.79 Å². The maximum absolute atomic E-state index is 11.8. The Morgan fingerprint density at radius 2 is 2.44 bits per heavy atom. The summed E-state index contributed by atoms with van der Waals surface area (Å²) in [5.41, 5.74) is 6.66. The van der Waals surface area contributed by atoms with Gasteiger partial charge in [-0.2, -0.15) is 0 Å². The predicted octanol–water partition coefficient (Wildman–Crippen LogP) is 0.892. The quantitative estimate of drug-likeness (QED) is 0.831. The lowest BCUT2D eigenvalue weighted by atomic mass is 10.0. The summed E-state index contributed by atoms with van der Waals surface area (Å²) in [5.74, 6) is -0.0380. The Bertz CT molecular complexity index is 411. The maximum Gasteiger partial charge on any atom is 0.226 e. The number of nitrogens with two attached hydrogens (primary N) is 1. The summed E-state index contributed by atoms with van der Waals surface area (Å²) < 4.78 is 5.61. The second-order valence-corrected chi connectivity index (χ2v) is 4.94. The monoisotopic (exact) mass is 249 g/mol. The topological polar surface area (TPSA) is 77.2 Å². The molecule has 2 rings (SSSR count). The molecule has 0 bridgehead atoms. The number of nitrogens with one attached hydrogen (secondary N) is 1. The molecule has 1 atom stereocenters. The molecule has 5 nitrogen and oxygen atoms in total. The number of nitrogen functional groups attached to an aromatic ring is 1. The van der Waals surface area contributed by atoms with Crippen LogP contribution in [-0.2, 0) is 16.0 Å². The van der Waals surface area contributed by atoms with Gasteiger partial charge in [0, 0.05) is 18.8 Å². The molecule has 1 saturated heterocycles. The van der Waals surface area contributed by atoms with Crippen molar-refractivity contribution in [1.29, 1.82) is 0 Å². The van der Waals surface area contributed by atoms with Crippen molar-refractivity contribution in [2.45, 2.75) is 31.8 Å². The van der Waals surface area contributed by atoms with Gasteiger partial charge in [-0.05, 0) is 31.9 Å². The van der Waals surface area contributed by atoms with Gasteiger partial charge in [-0.15, -0.1) is 0 Å². The van der Waals surface area contributed by atoms with Crippen LogP contribution < -0.4 is 11.1 Å². The summed E-state index contributed by atoms with van der Waals surface area (Å²) in [6.45, 7) is 3.37. The molecular weight excluding hydrogens is 230 g/mol. The normalized spacial score (nSPS) is 22.9. The van der Waals surface area contributed by atoms with Gasteiger partial charge in [-0.1, -0.05) is 0 Å². The van der Waals surface area contributed by atoms with Crippen molar-refractivity contribution >= 4 is 11.6 Å². The molecule has 1 aromatic heterocycles. The standard InChI is InChI=1S/C13H19N3O2/c1-13(5-2-6-18-13)9-16-12(17)7-11-4-3-10(14)8-15-11/h3-4,8H,2,5-7,9,14H2,1H3,(H,16,17). The number of amides is 1. The maximum atomic E-state index is 11.8. The summed E-state index contributed by atoms with van der Waals surface area (Å²) in [7, 11) is 0. The zero-order valence-corrected chi connectivity index (χ0v) is 10.6. The molecule has 0 aliphatic carbocycles. The fourth-order valence-electron chi connectivity index (χ4n) is 2.03. The van der Waals surface area contributed by atoms with Crippen LogP contribution in [0.2, 0.25) is 0 Å². The third kappa shape index (κ3) is 3.43. The van der Waals surface area contributed by atoms with Crippen LogP contribution in [0.4, 0.5) is 5.69 Å². The first-order valence-corrected chi connectivity index (χ1v) is 6.18.